The topological polar surface area (TPSA) is 69.1 Å². The Kier molecular flexibility index (Phi) is 2.68. The van der Waals surface area contributed by atoms with Gasteiger partial charge in [0.25, 0.3) is 5.56 Å². The summed E-state index contributed by atoms with van der Waals surface area (Å²) < 4.78 is 13.2. The monoisotopic (exact) mass is 302 g/mol. The van der Waals surface area contributed by atoms with E-state index in [4.69, 9.17) is 9.47 Å². The highest BCUT2D eigenvalue weighted by Crippen LogP contribution is 2.12. The molecular weight excluding hydrogens is 292 g/mol. The molecule has 0 spiro atoms. The fraction of sp³-hybridized carbons (Fsp3) is 0.600. The minimum atomic E-state index is -0.307. The first-order valence-corrected chi connectivity index (χ1v) is 6.17. The molecule has 0 N–H and O–H groups in total. The number of hydrogen-bond acceptors (Lipinski definition) is 4. The van der Waals surface area contributed by atoms with E-state index in [0.29, 0.717) is 30.8 Å². The Balaban J connectivity index is 2.00. The molecule has 1 aromatic rings. The van der Waals surface area contributed by atoms with Crippen LogP contribution in [0.2, 0.25) is 0 Å². The van der Waals surface area contributed by atoms with Gasteiger partial charge in [-0.05, 0) is 15.9 Å². The molecule has 2 saturated heterocycles. The summed E-state index contributed by atoms with van der Waals surface area (Å²) in [6.07, 6.45) is 1.62. The zero-order valence-corrected chi connectivity index (χ0v) is 10.6. The third-order valence-corrected chi connectivity index (χ3v) is 3.33. The Bertz CT molecular complexity index is 556. The van der Waals surface area contributed by atoms with Gasteiger partial charge in [-0.15, -0.1) is 0 Å². The van der Waals surface area contributed by atoms with Gasteiger partial charge < -0.3 is 9.47 Å². The third kappa shape index (κ3) is 2.36. The molecule has 7 heteroatoms. The van der Waals surface area contributed by atoms with Crippen molar-refractivity contribution in [1.29, 1.82) is 0 Å². The number of epoxide rings is 2. The first-order valence-electron chi connectivity index (χ1n) is 5.38. The Morgan fingerprint density at radius 2 is 1.82 bits per heavy atom. The molecule has 92 valence electrons. The highest BCUT2D eigenvalue weighted by Gasteiger charge is 2.27. The van der Waals surface area contributed by atoms with Gasteiger partial charge in [-0.2, -0.15) is 0 Å². The molecule has 2 unspecified atom stereocenters. The maximum absolute atomic E-state index is 12.1. The normalized spacial score (nSPS) is 25.9. The van der Waals surface area contributed by atoms with E-state index in [1.807, 2.05) is 0 Å². The molecular formula is C10H11BrN2O4. The predicted molar refractivity (Wildman–Crippen MR) is 62.1 cm³/mol. The highest BCUT2D eigenvalue weighted by molar-refractivity contribution is 9.10. The second-order valence-electron chi connectivity index (χ2n) is 4.24. The minimum absolute atomic E-state index is 0.000301. The Labute approximate surface area is 105 Å². The smallest absolute Gasteiger partial charge is 0.331 e. The summed E-state index contributed by atoms with van der Waals surface area (Å²) in [4.78, 5) is 23.9. The average Bonchev–Trinajstić information content (AvgIpc) is 3.15. The fourth-order valence-electron chi connectivity index (χ4n) is 1.68. The van der Waals surface area contributed by atoms with Crippen LogP contribution in [0.1, 0.15) is 0 Å². The summed E-state index contributed by atoms with van der Waals surface area (Å²) in [6, 6.07) is 0. The molecule has 17 heavy (non-hydrogen) atoms. The second-order valence-corrected chi connectivity index (χ2v) is 5.09. The summed E-state index contributed by atoms with van der Waals surface area (Å²) in [5.74, 6) is 0. The molecule has 0 radical (unpaired) electrons. The lowest BCUT2D eigenvalue weighted by molar-refractivity contribution is 0.359. The zero-order chi connectivity index (χ0) is 12.0. The first kappa shape index (κ1) is 11.2. The van der Waals surface area contributed by atoms with Crippen LogP contribution in [-0.2, 0) is 22.6 Å². The minimum Gasteiger partial charge on any atom is -0.371 e. The summed E-state index contributed by atoms with van der Waals surface area (Å²) in [5, 5.41) is 0. The van der Waals surface area contributed by atoms with E-state index in [-0.39, 0.29) is 23.5 Å². The van der Waals surface area contributed by atoms with E-state index in [1.54, 1.807) is 0 Å². The van der Waals surface area contributed by atoms with Gasteiger partial charge in [0.2, 0.25) is 0 Å². The SMILES string of the molecule is O=c1c(Br)cn(CC2CO2)c(=O)n1CC1CO1. The molecule has 0 aliphatic carbocycles. The van der Waals surface area contributed by atoms with E-state index < -0.39 is 0 Å². The number of nitrogens with zero attached hydrogens (tertiary/aromatic N) is 2. The highest BCUT2D eigenvalue weighted by atomic mass is 79.9. The number of halogens is 1. The van der Waals surface area contributed by atoms with Gasteiger partial charge in [-0.1, -0.05) is 0 Å². The zero-order valence-electron chi connectivity index (χ0n) is 8.97. The molecule has 0 saturated carbocycles. The molecule has 1 aromatic heterocycles. The lowest BCUT2D eigenvalue weighted by Crippen LogP contribution is -2.41. The maximum Gasteiger partial charge on any atom is 0.331 e. The van der Waals surface area contributed by atoms with Gasteiger partial charge in [0.1, 0.15) is 0 Å². The largest absolute Gasteiger partial charge is 0.371 e. The first-order chi connectivity index (χ1) is 8.15. The molecule has 2 fully saturated rings. The van der Waals surface area contributed by atoms with Crippen molar-refractivity contribution in [3.63, 3.8) is 0 Å². The average molecular weight is 303 g/mol. The third-order valence-electron chi connectivity index (χ3n) is 2.79. The van der Waals surface area contributed by atoms with E-state index in [2.05, 4.69) is 15.9 Å². The molecule has 0 aromatic carbocycles. The number of rotatable bonds is 4. The fourth-order valence-corrected chi connectivity index (χ4v) is 2.14. The van der Waals surface area contributed by atoms with Crippen LogP contribution >= 0.6 is 15.9 Å². The van der Waals surface area contributed by atoms with Crippen molar-refractivity contribution in [2.45, 2.75) is 25.3 Å². The van der Waals surface area contributed by atoms with Gasteiger partial charge in [0, 0.05) is 6.20 Å². The van der Waals surface area contributed by atoms with Crippen molar-refractivity contribution < 1.29 is 9.47 Å². The van der Waals surface area contributed by atoms with Crippen molar-refractivity contribution in [3.8, 4) is 0 Å². The molecule has 2 aliphatic rings. The van der Waals surface area contributed by atoms with Crippen LogP contribution in [0.15, 0.2) is 20.3 Å². The van der Waals surface area contributed by atoms with Gasteiger partial charge in [0.15, 0.2) is 0 Å². The molecule has 3 rings (SSSR count). The standard InChI is InChI=1S/C10H11BrN2O4/c11-8-3-12(1-6-4-16-6)10(15)13(9(8)14)2-7-5-17-7/h3,6-7H,1-2,4-5H2. The Morgan fingerprint density at radius 3 is 2.41 bits per heavy atom. The van der Waals surface area contributed by atoms with E-state index in [9.17, 15) is 9.59 Å². The molecule has 6 nitrogen and oxygen atoms in total. The van der Waals surface area contributed by atoms with Crippen LogP contribution in [0.25, 0.3) is 0 Å². The van der Waals surface area contributed by atoms with Crippen LogP contribution in [-0.4, -0.2) is 34.6 Å². The van der Waals surface area contributed by atoms with Crippen molar-refractivity contribution in [2.24, 2.45) is 0 Å². The molecule has 0 amide bonds. The van der Waals surface area contributed by atoms with Gasteiger partial charge in [0.05, 0.1) is 43.0 Å². The lowest BCUT2D eigenvalue weighted by atomic mass is 10.4. The number of hydrogen-bond donors (Lipinski definition) is 0. The lowest BCUT2D eigenvalue weighted by Gasteiger charge is -2.08. The predicted octanol–water partition coefficient (Wildman–Crippen LogP) is -0.430. The maximum atomic E-state index is 12.1. The van der Waals surface area contributed by atoms with Crippen LogP contribution in [0.5, 0.6) is 0 Å². The Morgan fingerprint density at radius 1 is 1.24 bits per heavy atom. The number of aromatic nitrogens is 2. The second kappa shape index (κ2) is 4.08. The van der Waals surface area contributed by atoms with Crippen molar-refractivity contribution in [2.75, 3.05) is 13.2 Å². The van der Waals surface area contributed by atoms with Crippen molar-refractivity contribution >= 4 is 15.9 Å². The number of ether oxygens (including phenoxy) is 2. The molecule has 2 atom stereocenters. The van der Waals surface area contributed by atoms with Crippen LogP contribution in [0.4, 0.5) is 0 Å². The molecule has 0 bridgehead atoms. The van der Waals surface area contributed by atoms with E-state index >= 15 is 0 Å². The van der Waals surface area contributed by atoms with Crippen LogP contribution in [0.3, 0.4) is 0 Å². The summed E-state index contributed by atoms with van der Waals surface area (Å²) in [7, 11) is 0. The van der Waals surface area contributed by atoms with Crippen molar-refractivity contribution in [1.82, 2.24) is 9.13 Å². The Hall–Kier alpha value is -0.920. The van der Waals surface area contributed by atoms with Crippen molar-refractivity contribution in [3.05, 3.63) is 31.5 Å². The van der Waals surface area contributed by atoms with Crippen LogP contribution < -0.4 is 11.2 Å². The molecule has 3 heterocycles. The van der Waals surface area contributed by atoms with Gasteiger partial charge in [-0.25, -0.2) is 4.79 Å². The summed E-state index contributed by atoms with van der Waals surface area (Å²) >= 11 is 3.18. The molecule has 2 aliphatic heterocycles. The van der Waals surface area contributed by atoms with Crippen LogP contribution in [0, 0.1) is 0 Å². The summed E-state index contributed by atoms with van der Waals surface area (Å²) in [5.41, 5.74) is -0.609. The van der Waals surface area contributed by atoms with E-state index in [1.165, 1.54) is 15.3 Å². The van der Waals surface area contributed by atoms with Gasteiger partial charge >= 0.3 is 5.69 Å². The quantitative estimate of drug-likeness (QED) is 0.708. The summed E-state index contributed by atoms with van der Waals surface area (Å²) in [6.45, 7) is 2.10. The van der Waals surface area contributed by atoms with E-state index in [0.717, 1.165) is 0 Å². The van der Waals surface area contributed by atoms with Gasteiger partial charge in [-0.3, -0.25) is 13.9 Å².